The van der Waals surface area contributed by atoms with Crippen molar-refractivity contribution in [2.75, 3.05) is 13.1 Å². The van der Waals surface area contributed by atoms with E-state index in [-0.39, 0.29) is 11.5 Å². The maximum Gasteiger partial charge on any atom is 0.0576 e. The molecule has 0 aliphatic rings. The van der Waals surface area contributed by atoms with Gasteiger partial charge < -0.3 is 11.1 Å². The van der Waals surface area contributed by atoms with Crippen molar-refractivity contribution in [1.82, 2.24) is 5.32 Å². The second-order valence-electron chi connectivity index (χ2n) is 7.16. The van der Waals surface area contributed by atoms with E-state index in [1.54, 1.807) is 0 Å². The van der Waals surface area contributed by atoms with Crippen LogP contribution < -0.4 is 11.1 Å². The molecule has 1 unspecified atom stereocenters. The van der Waals surface area contributed by atoms with Gasteiger partial charge in [-0.3, -0.25) is 0 Å². The molecule has 0 spiro atoms. The van der Waals surface area contributed by atoms with E-state index >= 15 is 0 Å². The number of benzene rings is 3. The highest BCUT2D eigenvalue weighted by Crippen LogP contribution is 2.31. The van der Waals surface area contributed by atoms with Gasteiger partial charge in [0.05, 0.1) is 6.04 Å². The molecule has 0 amide bonds. The van der Waals surface area contributed by atoms with E-state index in [1.165, 1.54) is 16.7 Å². The van der Waals surface area contributed by atoms with E-state index < -0.39 is 0 Å². The molecule has 3 aromatic rings. The van der Waals surface area contributed by atoms with E-state index in [9.17, 15) is 0 Å². The third kappa shape index (κ3) is 4.65. The highest BCUT2D eigenvalue weighted by molar-refractivity contribution is 5.32. The number of nitrogens with one attached hydrogen (secondary N) is 1. The molecule has 0 saturated heterocycles. The number of nitrogens with two attached hydrogens (primary N) is 1. The molecule has 2 heteroatoms. The Labute approximate surface area is 163 Å². The quantitative estimate of drug-likeness (QED) is 0.561. The lowest BCUT2D eigenvalue weighted by atomic mass is 9.75. The Morgan fingerprint density at radius 1 is 0.778 bits per heavy atom. The normalized spacial score (nSPS) is 13.4. The summed E-state index contributed by atoms with van der Waals surface area (Å²) in [7, 11) is 0. The van der Waals surface area contributed by atoms with E-state index in [0.717, 1.165) is 19.4 Å². The molecular weight excluding hydrogens is 328 g/mol. The zero-order valence-corrected chi connectivity index (χ0v) is 16.1. The van der Waals surface area contributed by atoms with Crippen LogP contribution in [0.5, 0.6) is 0 Å². The SMILES string of the molecule is CCC(CN)(CCNC(c1ccccc1)c1ccccc1)c1ccccc1. The van der Waals surface area contributed by atoms with Crippen LogP contribution in [-0.4, -0.2) is 13.1 Å². The van der Waals surface area contributed by atoms with Crippen molar-refractivity contribution in [3.05, 3.63) is 108 Å². The second kappa shape index (κ2) is 9.50. The van der Waals surface area contributed by atoms with Crippen LogP contribution in [0, 0.1) is 0 Å². The van der Waals surface area contributed by atoms with Crippen molar-refractivity contribution >= 4 is 0 Å². The maximum atomic E-state index is 6.26. The van der Waals surface area contributed by atoms with Crippen LogP contribution in [0.4, 0.5) is 0 Å². The van der Waals surface area contributed by atoms with Crippen molar-refractivity contribution < 1.29 is 0 Å². The van der Waals surface area contributed by atoms with Gasteiger partial charge in [0.1, 0.15) is 0 Å². The van der Waals surface area contributed by atoms with Crippen molar-refractivity contribution in [3.63, 3.8) is 0 Å². The molecule has 0 bridgehead atoms. The molecule has 0 fully saturated rings. The van der Waals surface area contributed by atoms with Crippen molar-refractivity contribution in [1.29, 1.82) is 0 Å². The van der Waals surface area contributed by atoms with Crippen LogP contribution >= 0.6 is 0 Å². The molecule has 3 rings (SSSR count). The fourth-order valence-electron chi connectivity index (χ4n) is 3.86. The summed E-state index contributed by atoms with van der Waals surface area (Å²) in [4.78, 5) is 0. The van der Waals surface area contributed by atoms with Gasteiger partial charge in [0.25, 0.3) is 0 Å². The summed E-state index contributed by atoms with van der Waals surface area (Å²) in [6.07, 6.45) is 2.05. The molecule has 3 N–H and O–H groups in total. The standard InChI is InChI=1S/C25H30N2/c1-2-25(20-26,23-16-10-5-11-17-23)18-19-27-24(21-12-6-3-7-13-21)22-14-8-4-9-15-22/h3-17,24,27H,2,18-20,26H2,1H3. The largest absolute Gasteiger partial charge is 0.330 e. The molecular formula is C25H30N2. The average molecular weight is 359 g/mol. The van der Waals surface area contributed by atoms with Gasteiger partial charge in [0.15, 0.2) is 0 Å². The van der Waals surface area contributed by atoms with Crippen molar-refractivity contribution in [2.24, 2.45) is 5.73 Å². The molecule has 140 valence electrons. The Bertz CT molecular complexity index is 741. The lowest BCUT2D eigenvalue weighted by molar-refractivity contribution is 0.373. The van der Waals surface area contributed by atoms with Crippen molar-refractivity contribution in [2.45, 2.75) is 31.2 Å². The number of hydrogen-bond donors (Lipinski definition) is 2. The van der Waals surface area contributed by atoms with Crippen LogP contribution in [-0.2, 0) is 5.41 Å². The summed E-state index contributed by atoms with van der Waals surface area (Å²) in [5.74, 6) is 0. The van der Waals surface area contributed by atoms with E-state index in [1.807, 2.05) is 0 Å². The monoisotopic (exact) mass is 358 g/mol. The van der Waals surface area contributed by atoms with E-state index in [0.29, 0.717) is 6.54 Å². The molecule has 0 saturated carbocycles. The van der Waals surface area contributed by atoms with Gasteiger partial charge in [-0.25, -0.2) is 0 Å². The summed E-state index contributed by atoms with van der Waals surface area (Å²) in [5.41, 5.74) is 10.2. The first kappa shape index (κ1) is 19.3. The van der Waals surface area contributed by atoms with Crippen LogP contribution in [0.3, 0.4) is 0 Å². The summed E-state index contributed by atoms with van der Waals surface area (Å²) in [6, 6.07) is 32.2. The second-order valence-corrected chi connectivity index (χ2v) is 7.16. The number of rotatable bonds is 9. The summed E-state index contributed by atoms with van der Waals surface area (Å²) in [6.45, 7) is 3.82. The Morgan fingerprint density at radius 2 is 1.26 bits per heavy atom. The molecule has 0 heterocycles. The van der Waals surface area contributed by atoms with Crippen LogP contribution in [0.15, 0.2) is 91.0 Å². The maximum absolute atomic E-state index is 6.26. The third-order valence-corrected chi connectivity index (χ3v) is 5.67. The van der Waals surface area contributed by atoms with Gasteiger partial charge >= 0.3 is 0 Å². The van der Waals surface area contributed by atoms with Gasteiger partial charge in [-0.15, -0.1) is 0 Å². The van der Waals surface area contributed by atoms with Gasteiger partial charge in [-0.05, 0) is 36.1 Å². The van der Waals surface area contributed by atoms with E-state index in [2.05, 4.69) is 103 Å². The predicted octanol–water partition coefficient (Wildman–Crippen LogP) is 5.06. The van der Waals surface area contributed by atoms with Gasteiger partial charge in [-0.2, -0.15) is 0 Å². The minimum absolute atomic E-state index is 0.0200. The highest BCUT2D eigenvalue weighted by atomic mass is 14.9. The zero-order valence-electron chi connectivity index (χ0n) is 16.1. The zero-order chi connectivity index (χ0) is 19.0. The Morgan fingerprint density at radius 3 is 1.70 bits per heavy atom. The van der Waals surface area contributed by atoms with E-state index in [4.69, 9.17) is 5.73 Å². The molecule has 2 nitrogen and oxygen atoms in total. The molecule has 0 aliphatic heterocycles. The molecule has 0 aliphatic carbocycles. The third-order valence-electron chi connectivity index (χ3n) is 5.67. The van der Waals surface area contributed by atoms with Gasteiger partial charge in [0.2, 0.25) is 0 Å². The van der Waals surface area contributed by atoms with Crippen LogP contribution in [0.2, 0.25) is 0 Å². The van der Waals surface area contributed by atoms with Crippen LogP contribution in [0.25, 0.3) is 0 Å². The molecule has 3 aromatic carbocycles. The summed E-state index contributed by atoms with van der Waals surface area (Å²) < 4.78 is 0. The van der Waals surface area contributed by atoms with Crippen molar-refractivity contribution in [3.8, 4) is 0 Å². The van der Waals surface area contributed by atoms with Gasteiger partial charge in [-0.1, -0.05) is 97.9 Å². The Balaban J connectivity index is 1.77. The molecule has 0 aromatic heterocycles. The fourth-order valence-corrected chi connectivity index (χ4v) is 3.86. The van der Waals surface area contributed by atoms with Crippen LogP contribution in [0.1, 0.15) is 42.5 Å². The summed E-state index contributed by atoms with van der Waals surface area (Å²) >= 11 is 0. The Hall–Kier alpha value is -2.42. The lowest BCUT2D eigenvalue weighted by Crippen LogP contribution is -2.38. The lowest BCUT2D eigenvalue weighted by Gasteiger charge is -2.33. The molecule has 27 heavy (non-hydrogen) atoms. The predicted molar refractivity (Wildman–Crippen MR) is 115 cm³/mol. The van der Waals surface area contributed by atoms with Gasteiger partial charge in [0, 0.05) is 12.0 Å². The minimum Gasteiger partial charge on any atom is -0.330 e. The fraction of sp³-hybridized carbons (Fsp3) is 0.280. The smallest absolute Gasteiger partial charge is 0.0576 e. The first-order chi connectivity index (χ1) is 13.3. The Kier molecular flexibility index (Phi) is 6.80. The average Bonchev–Trinajstić information content (AvgIpc) is 2.76. The molecule has 0 radical (unpaired) electrons. The first-order valence-electron chi connectivity index (χ1n) is 9.88. The minimum atomic E-state index is 0.0200. The molecule has 1 atom stereocenters. The number of hydrogen-bond acceptors (Lipinski definition) is 2. The topological polar surface area (TPSA) is 38.0 Å². The summed E-state index contributed by atoms with van der Waals surface area (Å²) in [5, 5.41) is 3.79. The first-order valence-corrected chi connectivity index (χ1v) is 9.88. The highest BCUT2D eigenvalue weighted by Gasteiger charge is 2.28.